The van der Waals surface area contributed by atoms with E-state index >= 15 is 0 Å². The summed E-state index contributed by atoms with van der Waals surface area (Å²) < 4.78 is 27.9. The van der Waals surface area contributed by atoms with Gasteiger partial charge in [0.15, 0.2) is 0 Å². The minimum Gasteiger partial charge on any atom is -0.310 e. The lowest BCUT2D eigenvalue weighted by atomic mass is 9.98. The third-order valence-corrected chi connectivity index (χ3v) is 3.48. The van der Waals surface area contributed by atoms with Crippen LogP contribution in [0.3, 0.4) is 0 Å². The van der Waals surface area contributed by atoms with E-state index < -0.39 is 5.82 Å². The number of hydrogen-bond acceptors (Lipinski definition) is 1. The summed E-state index contributed by atoms with van der Waals surface area (Å²) in [4.78, 5) is 0. The van der Waals surface area contributed by atoms with E-state index in [9.17, 15) is 8.78 Å². The van der Waals surface area contributed by atoms with E-state index in [2.05, 4.69) is 5.32 Å². The lowest BCUT2D eigenvalue weighted by molar-refractivity contribution is 0.498. The van der Waals surface area contributed by atoms with Gasteiger partial charge in [0.25, 0.3) is 0 Å². The maximum Gasteiger partial charge on any atom is 0.145 e. The summed E-state index contributed by atoms with van der Waals surface area (Å²) in [5.41, 5.74) is 1.01. The van der Waals surface area contributed by atoms with Gasteiger partial charge in [-0.25, -0.2) is 8.78 Å². The van der Waals surface area contributed by atoms with Gasteiger partial charge in [-0.2, -0.15) is 0 Å². The van der Waals surface area contributed by atoms with Crippen molar-refractivity contribution in [2.45, 2.75) is 19.4 Å². The fourth-order valence-corrected chi connectivity index (χ4v) is 2.42. The Hall–Kier alpha value is -1.45. The normalized spacial score (nSPS) is 12.4. The average molecular weight is 296 g/mol. The molecule has 0 aliphatic heterocycles. The summed E-state index contributed by atoms with van der Waals surface area (Å²) in [6, 6.07) is 11.1. The zero-order chi connectivity index (χ0) is 14.5. The molecule has 2 aromatic carbocycles. The molecule has 2 rings (SSSR count). The molecule has 0 fully saturated rings. The molecular formula is C16H16ClF2N. The molecule has 1 atom stereocenters. The molecule has 0 saturated carbocycles. The highest BCUT2D eigenvalue weighted by Gasteiger charge is 2.17. The molecule has 0 amide bonds. The highest BCUT2D eigenvalue weighted by atomic mass is 35.5. The average Bonchev–Trinajstić information content (AvgIpc) is 2.44. The van der Waals surface area contributed by atoms with E-state index in [0.717, 1.165) is 0 Å². The summed E-state index contributed by atoms with van der Waals surface area (Å²) in [5.74, 6) is -0.728. The van der Waals surface area contributed by atoms with E-state index in [4.69, 9.17) is 11.6 Å². The Morgan fingerprint density at radius 3 is 2.55 bits per heavy atom. The molecule has 0 spiro atoms. The SMILES string of the molecule is CCNC(Cc1cccc(Cl)c1F)c1ccccc1F. The van der Waals surface area contributed by atoms with Gasteiger partial charge in [0, 0.05) is 11.6 Å². The fourth-order valence-electron chi connectivity index (χ4n) is 2.22. The van der Waals surface area contributed by atoms with Gasteiger partial charge in [-0.05, 0) is 30.7 Å². The van der Waals surface area contributed by atoms with Crippen molar-refractivity contribution in [1.82, 2.24) is 5.32 Å². The largest absolute Gasteiger partial charge is 0.310 e. The Labute approximate surface area is 122 Å². The molecule has 20 heavy (non-hydrogen) atoms. The molecule has 1 N–H and O–H groups in total. The number of rotatable bonds is 5. The van der Waals surface area contributed by atoms with Gasteiger partial charge in [0.2, 0.25) is 0 Å². The number of benzene rings is 2. The van der Waals surface area contributed by atoms with Crippen LogP contribution in [-0.2, 0) is 6.42 Å². The molecular weight excluding hydrogens is 280 g/mol. The van der Waals surface area contributed by atoms with Crippen molar-refractivity contribution < 1.29 is 8.78 Å². The minimum absolute atomic E-state index is 0.0892. The van der Waals surface area contributed by atoms with Crippen LogP contribution in [0.15, 0.2) is 42.5 Å². The number of likely N-dealkylation sites (N-methyl/N-ethyl adjacent to an activating group) is 1. The smallest absolute Gasteiger partial charge is 0.145 e. The third kappa shape index (κ3) is 3.35. The van der Waals surface area contributed by atoms with Crippen molar-refractivity contribution in [3.8, 4) is 0 Å². The second-order valence-electron chi connectivity index (χ2n) is 4.55. The summed E-state index contributed by atoms with van der Waals surface area (Å²) >= 11 is 5.78. The van der Waals surface area contributed by atoms with Crippen LogP contribution in [0, 0.1) is 11.6 Å². The molecule has 0 heterocycles. The molecule has 0 aliphatic carbocycles. The lowest BCUT2D eigenvalue weighted by Crippen LogP contribution is -2.24. The zero-order valence-corrected chi connectivity index (χ0v) is 11.9. The Balaban J connectivity index is 2.31. The van der Waals surface area contributed by atoms with E-state index in [1.54, 1.807) is 30.3 Å². The fraction of sp³-hybridized carbons (Fsp3) is 0.250. The first-order valence-electron chi connectivity index (χ1n) is 6.54. The van der Waals surface area contributed by atoms with Crippen LogP contribution in [0.1, 0.15) is 24.1 Å². The van der Waals surface area contributed by atoms with Crippen molar-refractivity contribution in [1.29, 1.82) is 0 Å². The standard InChI is InChI=1S/C16H16ClF2N/c1-2-20-15(12-7-3-4-9-14(12)18)10-11-6-5-8-13(17)16(11)19/h3-9,15,20H,2,10H2,1H3. The predicted octanol–water partition coefficient (Wildman–Crippen LogP) is 4.51. The maximum absolute atomic E-state index is 14.0. The predicted molar refractivity (Wildman–Crippen MR) is 77.9 cm³/mol. The van der Waals surface area contributed by atoms with Gasteiger partial charge in [0.05, 0.1) is 5.02 Å². The van der Waals surface area contributed by atoms with Crippen molar-refractivity contribution in [3.05, 3.63) is 70.2 Å². The second kappa shape index (κ2) is 6.82. The van der Waals surface area contributed by atoms with Crippen LogP contribution < -0.4 is 5.32 Å². The number of halogens is 3. The molecule has 106 valence electrons. The molecule has 0 aromatic heterocycles. The topological polar surface area (TPSA) is 12.0 Å². The van der Waals surface area contributed by atoms with E-state index in [-0.39, 0.29) is 16.9 Å². The molecule has 0 saturated heterocycles. The van der Waals surface area contributed by atoms with Gasteiger partial charge >= 0.3 is 0 Å². The highest BCUT2D eigenvalue weighted by Crippen LogP contribution is 2.25. The minimum atomic E-state index is -0.437. The highest BCUT2D eigenvalue weighted by molar-refractivity contribution is 6.30. The summed E-state index contributed by atoms with van der Waals surface area (Å²) in [6.07, 6.45) is 0.348. The van der Waals surface area contributed by atoms with E-state index in [1.165, 1.54) is 12.1 Å². The van der Waals surface area contributed by atoms with Crippen LogP contribution >= 0.6 is 11.6 Å². The molecule has 2 aromatic rings. The monoisotopic (exact) mass is 295 g/mol. The summed E-state index contributed by atoms with van der Waals surface area (Å²) in [5, 5.41) is 3.27. The number of nitrogens with one attached hydrogen (secondary N) is 1. The van der Waals surface area contributed by atoms with Gasteiger partial charge in [-0.15, -0.1) is 0 Å². The zero-order valence-electron chi connectivity index (χ0n) is 11.2. The van der Waals surface area contributed by atoms with Crippen LogP contribution in [0.25, 0.3) is 0 Å². The van der Waals surface area contributed by atoms with Crippen molar-refractivity contribution in [2.24, 2.45) is 0 Å². The van der Waals surface area contributed by atoms with Crippen molar-refractivity contribution in [3.63, 3.8) is 0 Å². The van der Waals surface area contributed by atoms with Crippen molar-refractivity contribution in [2.75, 3.05) is 6.54 Å². The Kier molecular flexibility index (Phi) is 5.10. The summed E-state index contributed by atoms with van der Waals surface area (Å²) in [6.45, 7) is 2.60. The van der Waals surface area contributed by atoms with Gasteiger partial charge in [-0.3, -0.25) is 0 Å². The van der Waals surface area contributed by atoms with Gasteiger partial charge in [-0.1, -0.05) is 48.9 Å². The van der Waals surface area contributed by atoms with E-state index in [1.807, 2.05) is 6.92 Å². The molecule has 1 unspecified atom stereocenters. The molecule has 4 heteroatoms. The first-order chi connectivity index (χ1) is 9.63. The first-order valence-corrected chi connectivity index (χ1v) is 6.92. The van der Waals surface area contributed by atoms with Crippen LogP contribution in [-0.4, -0.2) is 6.54 Å². The Bertz CT molecular complexity index is 586. The maximum atomic E-state index is 14.0. The Morgan fingerprint density at radius 1 is 1.10 bits per heavy atom. The molecule has 1 nitrogen and oxygen atoms in total. The second-order valence-corrected chi connectivity index (χ2v) is 4.96. The molecule has 0 aliphatic rings. The van der Waals surface area contributed by atoms with Gasteiger partial charge in [0.1, 0.15) is 11.6 Å². The molecule has 0 bridgehead atoms. The molecule has 0 radical (unpaired) electrons. The van der Waals surface area contributed by atoms with Crippen LogP contribution in [0.4, 0.5) is 8.78 Å². The van der Waals surface area contributed by atoms with Crippen molar-refractivity contribution >= 4 is 11.6 Å². The number of hydrogen-bond donors (Lipinski definition) is 1. The summed E-state index contributed by atoms with van der Waals surface area (Å²) in [7, 11) is 0. The van der Waals surface area contributed by atoms with Crippen LogP contribution in [0.2, 0.25) is 5.02 Å². The quantitative estimate of drug-likeness (QED) is 0.855. The van der Waals surface area contributed by atoms with Crippen LogP contribution in [0.5, 0.6) is 0 Å². The Morgan fingerprint density at radius 2 is 1.85 bits per heavy atom. The third-order valence-electron chi connectivity index (χ3n) is 3.19. The van der Waals surface area contributed by atoms with E-state index in [0.29, 0.717) is 24.1 Å². The van der Waals surface area contributed by atoms with Gasteiger partial charge < -0.3 is 5.32 Å². The first kappa shape index (κ1) is 14.9. The lowest BCUT2D eigenvalue weighted by Gasteiger charge is -2.19.